The van der Waals surface area contributed by atoms with Crippen LogP contribution in [-0.2, 0) is 66.7 Å². The van der Waals surface area contributed by atoms with E-state index in [0.29, 0.717) is 102 Å². The van der Waals surface area contributed by atoms with Gasteiger partial charge in [-0.15, -0.1) is 0 Å². The third-order valence-corrected chi connectivity index (χ3v) is 18.1. The molecule has 9 unspecified atom stereocenters. The van der Waals surface area contributed by atoms with E-state index in [-0.39, 0.29) is 59.9 Å². The molecule has 14 aliphatic rings. The van der Waals surface area contributed by atoms with E-state index in [1.54, 1.807) is 0 Å². The summed E-state index contributed by atoms with van der Waals surface area (Å²) in [6.07, 6.45) is 11.2. The summed E-state index contributed by atoms with van der Waals surface area (Å²) in [6.45, 7) is -0.976. The van der Waals surface area contributed by atoms with Crippen LogP contribution < -0.4 is 0 Å². The lowest BCUT2D eigenvalue weighted by atomic mass is 9.44. The highest BCUT2D eigenvalue weighted by molar-refractivity contribution is 5.87. The number of fused-ring (bicyclic) bond motifs is 2. The van der Waals surface area contributed by atoms with Crippen molar-refractivity contribution in [2.45, 2.75) is 172 Å². The highest BCUT2D eigenvalue weighted by Gasteiger charge is 2.65. The van der Waals surface area contributed by atoms with Crippen LogP contribution in [0.25, 0.3) is 0 Å². The molecule has 1 aliphatic heterocycles. The maximum Gasteiger partial charge on any atom is 0.344 e. The van der Waals surface area contributed by atoms with Crippen LogP contribution in [0, 0.1) is 69.5 Å². The van der Waals surface area contributed by atoms with E-state index in [2.05, 4.69) is 0 Å². The Morgan fingerprint density at radius 2 is 1.13 bits per heavy atom. The quantitative estimate of drug-likeness (QED) is 0.0981. The number of rotatable bonds is 14. The van der Waals surface area contributed by atoms with Crippen LogP contribution in [0.2, 0.25) is 0 Å². The van der Waals surface area contributed by atoms with E-state index in [1.165, 1.54) is 0 Å². The third-order valence-electron chi connectivity index (χ3n) is 18.1. The normalized spacial score (nSPS) is 43.0. The first-order valence-corrected chi connectivity index (χ1v) is 25.0. The van der Waals surface area contributed by atoms with Gasteiger partial charge in [-0.25, -0.2) is 27.2 Å². The molecule has 14 bridgehead atoms. The average Bonchev–Trinajstić information content (AvgIpc) is 3.55. The minimum absolute atomic E-state index is 0.0257. The predicted octanol–water partition coefficient (Wildman–Crippen LogP) is 7.04. The van der Waals surface area contributed by atoms with E-state index in [9.17, 15) is 51.1 Å². The molecule has 0 amide bonds. The van der Waals surface area contributed by atoms with Gasteiger partial charge in [-0.2, -0.15) is 0 Å². The summed E-state index contributed by atoms with van der Waals surface area (Å²) in [5.74, 6) is -7.68. The van der Waals surface area contributed by atoms with Crippen LogP contribution >= 0.6 is 0 Å². The zero-order valence-corrected chi connectivity index (χ0v) is 38.9. The molecule has 0 N–H and O–H groups in total. The Labute approximate surface area is 392 Å². The van der Waals surface area contributed by atoms with Gasteiger partial charge in [-0.05, 0) is 151 Å². The van der Waals surface area contributed by atoms with Crippen molar-refractivity contribution in [2.75, 3.05) is 26.4 Å². The topological polar surface area (TPSA) is 184 Å². The smallest absolute Gasteiger partial charge is 0.344 e. The van der Waals surface area contributed by atoms with Crippen molar-refractivity contribution >= 4 is 41.6 Å². The van der Waals surface area contributed by atoms with Crippen molar-refractivity contribution in [3.63, 3.8) is 0 Å². The Morgan fingerprint density at radius 1 is 0.588 bits per heavy atom. The van der Waals surface area contributed by atoms with Crippen LogP contribution in [0.4, 0.5) is 17.6 Å². The molecule has 14 nitrogen and oxygen atoms in total. The largest absolute Gasteiger partial charge is 0.459 e. The number of Topliss-reactive ketones (excluding diaryl/α,β-unsaturated/α-hetero) is 1. The summed E-state index contributed by atoms with van der Waals surface area (Å²) >= 11 is 0. The van der Waals surface area contributed by atoms with Gasteiger partial charge in [0.05, 0.1) is 28.3 Å². The summed E-state index contributed by atoms with van der Waals surface area (Å²) < 4.78 is 91.3. The van der Waals surface area contributed by atoms with Gasteiger partial charge < -0.3 is 33.2 Å². The molecule has 13 saturated carbocycles. The van der Waals surface area contributed by atoms with Crippen LogP contribution in [0.3, 0.4) is 0 Å². The summed E-state index contributed by atoms with van der Waals surface area (Å²) in [7, 11) is 0. The average molecular weight is 965 g/mol. The highest BCUT2D eigenvalue weighted by Crippen LogP contribution is 2.66. The van der Waals surface area contributed by atoms with Gasteiger partial charge in [-0.1, -0.05) is 0 Å². The van der Waals surface area contributed by atoms with E-state index in [4.69, 9.17) is 33.2 Å². The van der Waals surface area contributed by atoms with Crippen LogP contribution in [0.1, 0.15) is 136 Å². The molecule has 14 fully saturated rings. The first kappa shape index (κ1) is 47.8. The van der Waals surface area contributed by atoms with Crippen molar-refractivity contribution in [3.05, 3.63) is 0 Å². The third kappa shape index (κ3) is 9.30. The van der Waals surface area contributed by atoms with Gasteiger partial charge in [0, 0.05) is 32.1 Å². The molecule has 9 atom stereocenters. The monoisotopic (exact) mass is 964 g/mol. The summed E-state index contributed by atoms with van der Waals surface area (Å²) in [5.41, 5.74) is -3.13. The Balaban J connectivity index is 0.000000160. The minimum Gasteiger partial charge on any atom is -0.459 e. The number of halogens is 4. The van der Waals surface area contributed by atoms with Crippen molar-refractivity contribution in [2.24, 2.45) is 69.5 Å². The molecule has 0 aromatic rings. The highest BCUT2D eigenvalue weighted by atomic mass is 19.3. The fourth-order valence-electron chi connectivity index (χ4n) is 16.5. The number of ketones is 1. The Hall–Kier alpha value is -3.83. The summed E-state index contributed by atoms with van der Waals surface area (Å²) in [4.78, 5) is 88.4. The summed E-state index contributed by atoms with van der Waals surface area (Å²) in [5, 5.41) is 0. The van der Waals surface area contributed by atoms with E-state index < -0.39 is 102 Å². The van der Waals surface area contributed by atoms with Gasteiger partial charge in [0.1, 0.15) is 30.2 Å². The maximum atomic E-state index is 13.3. The number of hydrogen-bond donors (Lipinski definition) is 0. The lowest BCUT2D eigenvalue weighted by molar-refractivity contribution is -0.204. The molecule has 1 heterocycles. The number of carbonyl (C=O) groups is 7. The second-order valence-electron chi connectivity index (χ2n) is 23.8. The number of hydrogen-bond acceptors (Lipinski definition) is 14. The summed E-state index contributed by atoms with van der Waals surface area (Å²) in [6, 6.07) is 0. The molecule has 0 radical (unpaired) electrons. The first-order valence-electron chi connectivity index (χ1n) is 25.0. The number of esters is 6. The molecule has 0 aromatic heterocycles. The van der Waals surface area contributed by atoms with Crippen LogP contribution in [0.15, 0.2) is 0 Å². The molecule has 68 heavy (non-hydrogen) atoms. The van der Waals surface area contributed by atoms with Gasteiger partial charge in [0.15, 0.2) is 19.8 Å². The number of alkyl halides is 4. The maximum absolute atomic E-state index is 13.3. The van der Waals surface area contributed by atoms with E-state index in [0.717, 1.165) is 45.4 Å². The molecular weight excluding hydrogens is 901 g/mol. The fourth-order valence-corrected chi connectivity index (χ4v) is 16.5. The number of carbonyl (C=O) groups excluding carboxylic acids is 7. The van der Waals surface area contributed by atoms with Gasteiger partial charge in [0.2, 0.25) is 0 Å². The molecular formula is C50H64F4O14. The minimum atomic E-state index is -3.11. The number of ether oxygens (including phenoxy) is 7. The first-order chi connectivity index (χ1) is 32.0. The zero-order chi connectivity index (χ0) is 48.2. The van der Waals surface area contributed by atoms with Gasteiger partial charge in [-0.3, -0.25) is 24.0 Å². The standard InChI is InChI=1S/C27H34F2O7.C23H30F2O7/c1-24(28,29)14-35-23(33)26-7-16-2-17(8-26)6-25(5-16,13-26)22(32)34-12-20(30)36-27-9-15-3-18(10-27)21(31)19(4-15)11-27;1-22(24,25)11-30-19-14-4-12-5-15(19)9-23(7-12,8-14)21(28)29-10-18(26)31-16-3-2-13-6-17(16)32-20(13)27/h15-19H,2-14H2,1H3;12-17,19H,2-11H2,1H3. The molecule has 14 rings (SSSR count). The SMILES string of the molecule is CC(F)(F)COC(=O)C12CC3CC(CC(C(=O)OCC(=O)OC45CC6CC(C4)C(=O)C(C6)C5)(C3)C1)C2.CC(F)(F)COC1C2CC3CC1CC(C(=O)OCC(=O)OC1CCC4CC1OC4=O)(C3)C2. The Bertz CT molecular complexity index is 2030. The van der Waals surface area contributed by atoms with Crippen LogP contribution in [0.5, 0.6) is 0 Å². The van der Waals surface area contributed by atoms with Crippen molar-refractivity contribution < 1.29 is 84.3 Å². The Morgan fingerprint density at radius 3 is 1.74 bits per heavy atom. The molecule has 376 valence electrons. The Kier molecular flexibility index (Phi) is 12.1. The molecule has 1 saturated heterocycles. The lowest BCUT2D eigenvalue weighted by Crippen LogP contribution is -2.58. The second kappa shape index (κ2) is 17.2. The second-order valence-corrected chi connectivity index (χ2v) is 23.8. The predicted molar refractivity (Wildman–Crippen MR) is 224 cm³/mol. The molecule has 0 spiro atoms. The molecule has 0 aromatic carbocycles. The van der Waals surface area contributed by atoms with Crippen molar-refractivity contribution in [1.29, 1.82) is 0 Å². The van der Waals surface area contributed by atoms with Crippen molar-refractivity contribution in [1.82, 2.24) is 0 Å². The lowest BCUT2D eigenvalue weighted by Gasteiger charge is -2.59. The van der Waals surface area contributed by atoms with Crippen LogP contribution in [-0.4, -0.2) is 104 Å². The molecule has 18 heteroatoms. The van der Waals surface area contributed by atoms with Gasteiger partial charge in [0.25, 0.3) is 11.8 Å². The zero-order valence-electron chi connectivity index (χ0n) is 38.9. The fraction of sp³-hybridized carbons (Fsp3) is 0.860. The van der Waals surface area contributed by atoms with E-state index in [1.807, 2.05) is 0 Å². The van der Waals surface area contributed by atoms with E-state index >= 15 is 0 Å². The van der Waals surface area contributed by atoms with Gasteiger partial charge >= 0.3 is 35.8 Å². The van der Waals surface area contributed by atoms with Crippen molar-refractivity contribution in [3.8, 4) is 0 Å². The molecule has 13 aliphatic carbocycles.